The van der Waals surface area contributed by atoms with Crippen molar-refractivity contribution in [1.29, 1.82) is 0 Å². The minimum Gasteiger partial charge on any atom is -0.464 e. The number of hydrogen-bond acceptors (Lipinski definition) is 4. The van der Waals surface area contributed by atoms with Gasteiger partial charge in [-0.2, -0.15) is 0 Å². The molecule has 0 aliphatic carbocycles. The number of hydrogen-bond donors (Lipinski definition) is 1. The van der Waals surface area contributed by atoms with Gasteiger partial charge in [0, 0.05) is 12.6 Å². The van der Waals surface area contributed by atoms with Crippen molar-refractivity contribution in [2.45, 2.75) is 6.54 Å². The minimum atomic E-state index is -0.625. The molecule has 1 N–H and O–H groups in total. The molecule has 20 heavy (non-hydrogen) atoms. The van der Waals surface area contributed by atoms with Gasteiger partial charge < -0.3 is 10.1 Å². The molecule has 2 aromatic rings. The zero-order chi connectivity index (χ0) is 14.5. The van der Waals surface area contributed by atoms with E-state index in [0.29, 0.717) is 12.2 Å². The Morgan fingerprint density at radius 1 is 1.30 bits per heavy atom. The van der Waals surface area contributed by atoms with E-state index >= 15 is 0 Å². The van der Waals surface area contributed by atoms with Crippen molar-refractivity contribution in [2.24, 2.45) is 0 Å². The first-order valence-electron chi connectivity index (χ1n) is 5.84. The summed E-state index contributed by atoms with van der Waals surface area (Å²) >= 11 is 12.0. The first-order valence-corrected chi connectivity index (χ1v) is 6.59. The summed E-state index contributed by atoms with van der Waals surface area (Å²) in [6.07, 6.45) is 0. The number of pyridine rings is 1. The molecule has 104 valence electrons. The van der Waals surface area contributed by atoms with E-state index in [0.717, 1.165) is 5.56 Å². The lowest BCUT2D eigenvalue weighted by Crippen LogP contribution is -2.08. The summed E-state index contributed by atoms with van der Waals surface area (Å²) in [4.78, 5) is 15.4. The molecule has 6 heteroatoms. The van der Waals surface area contributed by atoms with Gasteiger partial charge in [-0.3, -0.25) is 0 Å². The van der Waals surface area contributed by atoms with Gasteiger partial charge in [0.1, 0.15) is 5.15 Å². The van der Waals surface area contributed by atoms with E-state index in [1.807, 2.05) is 30.3 Å². The molecule has 4 nitrogen and oxygen atoms in total. The van der Waals surface area contributed by atoms with E-state index in [-0.39, 0.29) is 15.9 Å². The Bertz CT molecular complexity index is 618. The van der Waals surface area contributed by atoms with Gasteiger partial charge in [-0.25, -0.2) is 9.78 Å². The number of carbonyl (C=O) groups is 1. The SMILES string of the molecule is COC(=O)c1nc(Cl)cc(NCc2ccccc2)c1Cl. The molecule has 1 aromatic carbocycles. The molecular formula is C14H12Cl2N2O2. The fraction of sp³-hybridized carbons (Fsp3) is 0.143. The van der Waals surface area contributed by atoms with Gasteiger partial charge in [-0.15, -0.1) is 0 Å². The lowest BCUT2D eigenvalue weighted by Gasteiger charge is -2.11. The van der Waals surface area contributed by atoms with Crippen LogP contribution in [-0.2, 0) is 11.3 Å². The summed E-state index contributed by atoms with van der Waals surface area (Å²) in [5.74, 6) is -0.625. The van der Waals surface area contributed by atoms with Crippen molar-refractivity contribution in [1.82, 2.24) is 4.98 Å². The van der Waals surface area contributed by atoms with Gasteiger partial charge >= 0.3 is 5.97 Å². The highest BCUT2D eigenvalue weighted by Gasteiger charge is 2.17. The van der Waals surface area contributed by atoms with Crippen LogP contribution in [0, 0.1) is 0 Å². The average molecular weight is 311 g/mol. The molecule has 1 aromatic heterocycles. The Labute approximate surface area is 126 Å². The molecule has 0 bridgehead atoms. The summed E-state index contributed by atoms with van der Waals surface area (Å²) in [5, 5.41) is 3.49. The van der Waals surface area contributed by atoms with Gasteiger partial charge in [-0.05, 0) is 5.56 Å². The number of aromatic nitrogens is 1. The maximum atomic E-state index is 11.6. The number of halogens is 2. The van der Waals surface area contributed by atoms with Crippen LogP contribution in [0.2, 0.25) is 10.2 Å². The van der Waals surface area contributed by atoms with Crippen molar-refractivity contribution in [2.75, 3.05) is 12.4 Å². The molecule has 0 radical (unpaired) electrons. The Kier molecular flexibility index (Phi) is 4.82. The van der Waals surface area contributed by atoms with Crippen LogP contribution in [0.25, 0.3) is 0 Å². The highest BCUT2D eigenvalue weighted by Crippen LogP contribution is 2.28. The zero-order valence-corrected chi connectivity index (χ0v) is 12.2. The van der Waals surface area contributed by atoms with Crippen LogP contribution in [0.1, 0.15) is 16.1 Å². The van der Waals surface area contributed by atoms with E-state index in [1.165, 1.54) is 7.11 Å². The number of ether oxygens (including phenoxy) is 1. The van der Waals surface area contributed by atoms with Crippen LogP contribution < -0.4 is 5.32 Å². The Morgan fingerprint density at radius 3 is 2.65 bits per heavy atom. The van der Waals surface area contributed by atoms with Crippen molar-refractivity contribution < 1.29 is 9.53 Å². The Balaban J connectivity index is 2.23. The number of anilines is 1. The molecule has 2 rings (SSSR count). The number of methoxy groups -OCH3 is 1. The lowest BCUT2D eigenvalue weighted by atomic mass is 10.2. The molecule has 0 aliphatic rings. The quantitative estimate of drug-likeness (QED) is 0.689. The predicted octanol–water partition coefficient (Wildman–Crippen LogP) is 3.79. The first kappa shape index (κ1) is 14.6. The van der Waals surface area contributed by atoms with Crippen molar-refractivity contribution >= 4 is 34.9 Å². The normalized spacial score (nSPS) is 10.2. The van der Waals surface area contributed by atoms with E-state index < -0.39 is 5.97 Å². The van der Waals surface area contributed by atoms with Crippen molar-refractivity contribution in [3.8, 4) is 0 Å². The highest BCUT2D eigenvalue weighted by atomic mass is 35.5. The predicted molar refractivity (Wildman–Crippen MR) is 79.4 cm³/mol. The monoisotopic (exact) mass is 310 g/mol. The largest absolute Gasteiger partial charge is 0.464 e. The maximum absolute atomic E-state index is 11.6. The average Bonchev–Trinajstić information content (AvgIpc) is 2.48. The van der Waals surface area contributed by atoms with Gasteiger partial charge in [0.15, 0.2) is 5.69 Å². The van der Waals surface area contributed by atoms with E-state index in [4.69, 9.17) is 23.2 Å². The molecule has 0 spiro atoms. The Hall–Kier alpha value is -1.78. The zero-order valence-electron chi connectivity index (χ0n) is 10.7. The van der Waals surface area contributed by atoms with Crippen LogP contribution in [0.15, 0.2) is 36.4 Å². The second-order valence-corrected chi connectivity index (χ2v) is 4.75. The van der Waals surface area contributed by atoms with E-state index in [9.17, 15) is 4.79 Å². The first-order chi connectivity index (χ1) is 9.61. The molecule has 0 aliphatic heterocycles. The number of nitrogens with zero attached hydrogens (tertiary/aromatic N) is 1. The molecule has 0 amide bonds. The summed E-state index contributed by atoms with van der Waals surface area (Å²) in [7, 11) is 1.26. The van der Waals surface area contributed by atoms with Gasteiger partial charge in [-0.1, -0.05) is 53.5 Å². The smallest absolute Gasteiger partial charge is 0.358 e. The highest BCUT2D eigenvalue weighted by molar-refractivity contribution is 6.37. The summed E-state index contributed by atoms with van der Waals surface area (Å²) < 4.78 is 4.62. The lowest BCUT2D eigenvalue weighted by molar-refractivity contribution is 0.0594. The second-order valence-electron chi connectivity index (χ2n) is 3.99. The van der Waals surface area contributed by atoms with Gasteiger partial charge in [0.25, 0.3) is 0 Å². The molecule has 0 atom stereocenters. The van der Waals surface area contributed by atoms with Gasteiger partial charge in [0.2, 0.25) is 0 Å². The molecule has 0 saturated heterocycles. The fourth-order valence-corrected chi connectivity index (χ4v) is 2.09. The molecule has 0 fully saturated rings. The van der Waals surface area contributed by atoms with Gasteiger partial charge in [0.05, 0.1) is 17.8 Å². The summed E-state index contributed by atoms with van der Waals surface area (Å²) in [6, 6.07) is 11.3. The number of carbonyl (C=O) groups excluding carboxylic acids is 1. The van der Waals surface area contributed by atoms with E-state index in [2.05, 4.69) is 15.0 Å². The molecule has 0 saturated carbocycles. The topological polar surface area (TPSA) is 51.2 Å². The summed E-state index contributed by atoms with van der Waals surface area (Å²) in [5.41, 5.74) is 1.62. The number of benzene rings is 1. The molecule has 1 heterocycles. The number of nitrogens with one attached hydrogen (secondary N) is 1. The van der Waals surface area contributed by atoms with Crippen LogP contribution in [0.3, 0.4) is 0 Å². The fourth-order valence-electron chi connectivity index (χ4n) is 1.65. The third-order valence-corrected chi connectivity index (χ3v) is 3.21. The maximum Gasteiger partial charge on any atom is 0.358 e. The Morgan fingerprint density at radius 2 is 2.00 bits per heavy atom. The van der Waals surface area contributed by atoms with Crippen LogP contribution in [0.4, 0.5) is 5.69 Å². The minimum absolute atomic E-state index is 0.00257. The number of esters is 1. The third kappa shape index (κ3) is 3.40. The third-order valence-electron chi connectivity index (χ3n) is 2.63. The summed E-state index contributed by atoms with van der Waals surface area (Å²) in [6.45, 7) is 0.557. The van der Waals surface area contributed by atoms with Crippen molar-refractivity contribution in [3.05, 3.63) is 57.8 Å². The van der Waals surface area contributed by atoms with Crippen LogP contribution in [-0.4, -0.2) is 18.1 Å². The van der Waals surface area contributed by atoms with Crippen LogP contribution >= 0.6 is 23.2 Å². The molecular weight excluding hydrogens is 299 g/mol. The van der Waals surface area contributed by atoms with Crippen molar-refractivity contribution in [3.63, 3.8) is 0 Å². The van der Waals surface area contributed by atoms with Crippen LogP contribution in [0.5, 0.6) is 0 Å². The standard InChI is InChI=1S/C14H12Cl2N2O2/c1-20-14(19)13-12(16)10(7-11(15)18-13)17-8-9-5-3-2-4-6-9/h2-7H,8H2,1H3,(H,17,18). The second kappa shape index (κ2) is 6.59. The number of rotatable bonds is 4. The van der Waals surface area contributed by atoms with E-state index in [1.54, 1.807) is 6.07 Å². The molecule has 0 unspecified atom stereocenters.